The molecule has 0 fully saturated rings. The van der Waals surface area contributed by atoms with Crippen molar-refractivity contribution in [1.29, 1.82) is 0 Å². The minimum absolute atomic E-state index is 0. The van der Waals surface area contributed by atoms with E-state index in [-0.39, 0.29) is 45.5 Å². The molecular weight excluding hydrogens is 440 g/mol. The fraction of sp³-hybridized carbons (Fsp3) is 0.818. The number of ketones is 2. The van der Waals surface area contributed by atoms with E-state index >= 15 is 0 Å². The minimum Gasteiger partial charge on any atom is -0.549 e. The molecule has 0 heterocycles. The molecule has 2 N–H and O–H groups in total. The first-order valence-corrected chi connectivity index (χ1v) is 10.3. The molecule has 0 aromatic rings. The number of hydrogen-bond donors (Lipinski definition) is 2. The molecule has 0 amide bonds. The van der Waals surface area contributed by atoms with Gasteiger partial charge in [0.15, 0.2) is 0 Å². The minimum atomic E-state index is -1.25. The maximum atomic E-state index is 10.9. The van der Waals surface area contributed by atoms with Crippen LogP contribution in [0.15, 0.2) is 0 Å². The van der Waals surface area contributed by atoms with Crippen molar-refractivity contribution in [1.82, 2.24) is 0 Å². The standard InChI is InChI=1S/2C8H14O3.2C3H8O.Ti/c2*1-4-8(5-2,6(3)9)7(10)11;2*1-3(2)4;/h2*4-5H2,1-3H3,(H,10,11);2*3-4H,1-2H3;/q;;;;+2/p-2. The first-order chi connectivity index (χ1) is 13.5. The number of aliphatic carboxylic acids is 2. The molecule has 0 unspecified atom stereocenters. The molecule has 0 aromatic carbocycles. The van der Waals surface area contributed by atoms with Gasteiger partial charge in [0, 0.05) is 12.2 Å². The maximum Gasteiger partial charge on any atom is 2.00 e. The summed E-state index contributed by atoms with van der Waals surface area (Å²) in [7, 11) is 0. The molecule has 0 saturated heterocycles. The van der Waals surface area contributed by atoms with Crippen LogP contribution in [0.5, 0.6) is 0 Å². The quantitative estimate of drug-likeness (QED) is 0.384. The second kappa shape index (κ2) is 20.8. The molecule has 0 spiro atoms. The molecule has 0 rings (SSSR count). The summed E-state index contributed by atoms with van der Waals surface area (Å²) in [5.74, 6) is -3.14. The monoisotopic (exact) mass is 482 g/mol. The summed E-state index contributed by atoms with van der Waals surface area (Å²) in [4.78, 5) is 43.1. The van der Waals surface area contributed by atoms with Gasteiger partial charge in [-0.05, 0) is 67.2 Å². The Hall–Kier alpha value is -1.09. The van der Waals surface area contributed by atoms with E-state index in [1.165, 1.54) is 13.8 Å². The number of carbonyl (C=O) groups is 4. The Morgan fingerprint density at radius 1 is 0.645 bits per heavy atom. The van der Waals surface area contributed by atoms with E-state index in [0.717, 1.165) is 0 Å². The molecule has 182 valence electrons. The Bertz CT molecular complexity index is 424. The van der Waals surface area contributed by atoms with Crippen LogP contribution in [-0.4, -0.2) is 45.9 Å². The Morgan fingerprint density at radius 2 is 0.774 bits per heavy atom. The Balaban J connectivity index is -0.000000106. The molecule has 0 aliphatic rings. The Labute approximate surface area is 202 Å². The van der Waals surface area contributed by atoms with E-state index in [0.29, 0.717) is 25.7 Å². The molecule has 8 nitrogen and oxygen atoms in total. The van der Waals surface area contributed by atoms with Crippen LogP contribution in [-0.2, 0) is 40.9 Å². The summed E-state index contributed by atoms with van der Waals surface area (Å²) in [6.07, 6.45) is 0.894. The van der Waals surface area contributed by atoms with Crippen LogP contribution >= 0.6 is 0 Å². The molecule has 0 aliphatic carbocycles. The summed E-state index contributed by atoms with van der Waals surface area (Å²) in [6, 6.07) is 0. The summed E-state index contributed by atoms with van der Waals surface area (Å²) in [5, 5.41) is 37.3. The van der Waals surface area contributed by atoms with Crippen LogP contribution < -0.4 is 10.2 Å². The fourth-order valence-corrected chi connectivity index (χ4v) is 2.36. The van der Waals surface area contributed by atoms with Gasteiger partial charge >= 0.3 is 21.7 Å². The van der Waals surface area contributed by atoms with Gasteiger partial charge in [0.05, 0.1) is 22.8 Å². The van der Waals surface area contributed by atoms with Crippen molar-refractivity contribution in [2.75, 3.05) is 0 Å². The molecule has 0 bridgehead atoms. The molecule has 0 radical (unpaired) electrons. The second-order valence-corrected chi connectivity index (χ2v) is 7.45. The summed E-state index contributed by atoms with van der Waals surface area (Å²) < 4.78 is 0. The van der Waals surface area contributed by atoms with Crippen molar-refractivity contribution in [3.8, 4) is 0 Å². The number of carboxylic acid groups (broad SMARTS) is 2. The van der Waals surface area contributed by atoms with Crippen molar-refractivity contribution in [2.24, 2.45) is 10.8 Å². The SMILES string of the molecule is CC(C)O.CC(C)O.CCC(CC)(C(C)=O)C(=O)[O-].CCC(CC)(C(C)=O)C(=O)[O-].[Ti+2]. The third-order valence-corrected chi connectivity index (χ3v) is 4.54. The van der Waals surface area contributed by atoms with Gasteiger partial charge in [-0.1, -0.05) is 27.7 Å². The molecule has 0 aliphatic heterocycles. The van der Waals surface area contributed by atoms with Crippen molar-refractivity contribution < 1.29 is 61.3 Å². The van der Waals surface area contributed by atoms with Crippen LogP contribution in [0, 0.1) is 10.8 Å². The van der Waals surface area contributed by atoms with Crippen LogP contribution in [0.3, 0.4) is 0 Å². The predicted molar refractivity (Wildman–Crippen MR) is 112 cm³/mol. The zero-order valence-electron chi connectivity index (χ0n) is 20.8. The van der Waals surface area contributed by atoms with Gasteiger partial charge in [0.25, 0.3) is 0 Å². The van der Waals surface area contributed by atoms with Crippen molar-refractivity contribution in [2.45, 2.75) is 107 Å². The third kappa shape index (κ3) is 17.2. The van der Waals surface area contributed by atoms with Crippen LogP contribution in [0.2, 0.25) is 0 Å². The third-order valence-electron chi connectivity index (χ3n) is 4.54. The predicted octanol–water partition coefficient (Wildman–Crippen LogP) is 1.04. The topological polar surface area (TPSA) is 155 Å². The molecular formula is C22H42O8Ti. The summed E-state index contributed by atoms with van der Waals surface area (Å²) >= 11 is 0. The van der Waals surface area contributed by atoms with Crippen molar-refractivity contribution in [3.63, 3.8) is 0 Å². The zero-order valence-corrected chi connectivity index (χ0v) is 22.4. The van der Waals surface area contributed by atoms with Gasteiger partial charge in [-0.2, -0.15) is 0 Å². The largest absolute Gasteiger partial charge is 2.00 e. The molecule has 9 heteroatoms. The average molecular weight is 482 g/mol. The van der Waals surface area contributed by atoms with Gasteiger partial charge < -0.3 is 30.0 Å². The number of hydrogen-bond acceptors (Lipinski definition) is 8. The summed E-state index contributed by atoms with van der Waals surface area (Å²) in [5.41, 5.74) is -2.50. The maximum absolute atomic E-state index is 10.9. The first kappa shape index (κ1) is 40.3. The van der Waals surface area contributed by atoms with Crippen molar-refractivity contribution >= 4 is 23.5 Å². The smallest absolute Gasteiger partial charge is 0.549 e. The van der Waals surface area contributed by atoms with Crippen LogP contribution in [0.4, 0.5) is 0 Å². The normalized spacial score (nSPS) is 10.3. The Morgan fingerprint density at radius 3 is 0.774 bits per heavy atom. The number of rotatable bonds is 8. The van der Waals surface area contributed by atoms with Gasteiger partial charge in [-0.15, -0.1) is 0 Å². The molecule has 31 heavy (non-hydrogen) atoms. The summed E-state index contributed by atoms with van der Waals surface area (Å²) in [6.45, 7) is 16.2. The van der Waals surface area contributed by atoms with Gasteiger partial charge in [-0.25, -0.2) is 0 Å². The van der Waals surface area contributed by atoms with E-state index < -0.39 is 22.8 Å². The van der Waals surface area contributed by atoms with Crippen LogP contribution in [0.1, 0.15) is 94.9 Å². The van der Waals surface area contributed by atoms with E-state index in [1.54, 1.807) is 55.4 Å². The zero-order chi connectivity index (χ0) is 25.3. The molecule has 0 atom stereocenters. The Kier molecular flexibility index (Phi) is 27.0. The fourth-order valence-electron chi connectivity index (χ4n) is 2.36. The van der Waals surface area contributed by atoms with E-state index in [4.69, 9.17) is 10.2 Å². The first-order valence-electron chi connectivity index (χ1n) is 10.3. The van der Waals surface area contributed by atoms with Gasteiger partial charge in [0.2, 0.25) is 0 Å². The molecule has 0 aromatic heterocycles. The van der Waals surface area contributed by atoms with E-state index in [9.17, 15) is 29.4 Å². The van der Waals surface area contributed by atoms with Gasteiger partial charge in [0.1, 0.15) is 11.6 Å². The van der Waals surface area contributed by atoms with E-state index in [2.05, 4.69) is 0 Å². The molecule has 0 saturated carbocycles. The number of Topliss-reactive ketones (excluding diaryl/α,β-unsaturated/α-hetero) is 2. The second-order valence-electron chi connectivity index (χ2n) is 7.45. The number of aliphatic hydroxyl groups excluding tert-OH is 2. The number of carbonyl (C=O) groups excluding carboxylic acids is 4. The van der Waals surface area contributed by atoms with E-state index in [1.807, 2.05) is 0 Å². The van der Waals surface area contributed by atoms with Crippen molar-refractivity contribution in [3.05, 3.63) is 0 Å². The number of aliphatic hydroxyl groups is 2. The number of carboxylic acids is 2. The van der Waals surface area contributed by atoms with Gasteiger partial charge in [-0.3, -0.25) is 9.59 Å². The average Bonchev–Trinajstić information content (AvgIpc) is 2.56. The van der Waals surface area contributed by atoms with Crippen LogP contribution in [0.25, 0.3) is 0 Å².